The third-order valence-electron chi connectivity index (χ3n) is 4.68. The van der Waals surface area contributed by atoms with Crippen molar-refractivity contribution in [2.75, 3.05) is 44.9 Å². The summed E-state index contributed by atoms with van der Waals surface area (Å²) in [5.41, 5.74) is 1.04. The molecule has 1 aliphatic rings. The first kappa shape index (κ1) is 22.1. The van der Waals surface area contributed by atoms with Crippen molar-refractivity contribution in [3.8, 4) is 0 Å². The first-order valence-corrected chi connectivity index (χ1v) is 10.0. The number of carbonyl (C=O) groups excluding carboxylic acids is 3. The highest BCUT2D eigenvalue weighted by Crippen LogP contribution is 2.23. The van der Waals surface area contributed by atoms with Crippen molar-refractivity contribution in [1.29, 1.82) is 0 Å². The Balaban J connectivity index is 1.70. The highest BCUT2D eigenvalue weighted by atomic mass is 35.5. The highest BCUT2D eigenvalue weighted by Gasteiger charge is 2.33. The van der Waals surface area contributed by atoms with E-state index in [0.717, 1.165) is 0 Å². The van der Waals surface area contributed by atoms with E-state index >= 15 is 0 Å². The number of carbonyl (C=O) groups is 3. The topological polar surface area (TPSA) is 70.2 Å². The molecule has 0 atom stereocenters. The van der Waals surface area contributed by atoms with Crippen LogP contribution in [0.15, 0.2) is 48.5 Å². The average Bonchev–Trinajstić information content (AvgIpc) is 3.13. The zero-order valence-electron chi connectivity index (χ0n) is 16.4. The summed E-state index contributed by atoms with van der Waals surface area (Å²) in [6, 6.07) is 13.3. The fourth-order valence-corrected chi connectivity index (χ4v) is 3.39. The number of ether oxygens (including phenoxy) is 1. The third kappa shape index (κ3) is 5.30. The van der Waals surface area contributed by atoms with Crippen LogP contribution in [0.2, 0.25) is 10.0 Å². The first-order chi connectivity index (χ1) is 14.4. The predicted octanol–water partition coefficient (Wildman–Crippen LogP) is 2.91. The molecule has 0 unspecified atom stereocenters. The molecular formula is C21H21Cl2N3O4. The lowest BCUT2D eigenvalue weighted by Gasteiger charge is -2.25. The molecular weight excluding hydrogens is 429 g/mol. The Hall–Kier alpha value is -2.61. The van der Waals surface area contributed by atoms with Gasteiger partial charge in [0.2, 0.25) is 11.8 Å². The van der Waals surface area contributed by atoms with Crippen LogP contribution in [0.5, 0.6) is 0 Å². The van der Waals surface area contributed by atoms with Gasteiger partial charge >= 0.3 is 0 Å². The Morgan fingerprint density at radius 2 is 1.83 bits per heavy atom. The minimum atomic E-state index is -0.328. The Morgan fingerprint density at radius 1 is 1.10 bits per heavy atom. The van der Waals surface area contributed by atoms with Gasteiger partial charge in [-0.25, -0.2) is 0 Å². The molecule has 1 fully saturated rings. The van der Waals surface area contributed by atoms with Crippen molar-refractivity contribution in [3.05, 3.63) is 64.1 Å². The predicted molar refractivity (Wildman–Crippen MR) is 115 cm³/mol. The highest BCUT2D eigenvalue weighted by molar-refractivity contribution is 6.31. The maximum Gasteiger partial charge on any atom is 0.254 e. The van der Waals surface area contributed by atoms with Gasteiger partial charge < -0.3 is 14.5 Å². The Morgan fingerprint density at radius 3 is 2.50 bits per heavy atom. The third-order valence-corrected chi connectivity index (χ3v) is 5.17. The van der Waals surface area contributed by atoms with Gasteiger partial charge in [-0.2, -0.15) is 0 Å². The van der Waals surface area contributed by atoms with Gasteiger partial charge in [-0.15, -0.1) is 0 Å². The molecule has 9 heteroatoms. The van der Waals surface area contributed by atoms with Gasteiger partial charge in [0.1, 0.15) is 19.8 Å². The van der Waals surface area contributed by atoms with E-state index in [-0.39, 0.29) is 50.6 Å². The average molecular weight is 450 g/mol. The van der Waals surface area contributed by atoms with E-state index in [0.29, 0.717) is 21.3 Å². The number of hydrogen-bond donors (Lipinski definition) is 0. The van der Waals surface area contributed by atoms with E-state index in [1.165, 1.54) is 21.8 Å². The van der Waals surface area contributed by atoms with E-state index < -0.39 is 0 Å². The zero-order valence-corrected chi connectivity index (χ0v) is 17.9. The number of amides is 3. The Bertz CT molecular complexity index is 936. The van der Waals surface area contributed by atoms with Crippen LogP contribution < -0.4 is 4.90 Å². The van der Waals surface area contributed by atoms with Crippen LogP contribution in [0.1, 0.15) is 10.4 Å². The SMILES string of the molecule is COCCN(CC(=O)N1CC(=O)N(c2cccc(Cl)c2)C1)C(=O)c1ccc(Cl)cc1. The summed E-state index contributed by atoms with van der Waals surface area (Å²) in [7, 11) is 1.52. The van der Waals surface area contributed by atoms with E-state index in [2.05, 4.69) is 0 Å². The van der Waals surface area contributed by atoms with Crippen molar-refractivity contribution in [2.45, 2.75) is 0 Å². The molecule has 0 spiro atoms. The summed E-state index contributed by atoms with van der Waals surface area (Å²) in [5.74, 6) is -0.848. The minimum Gasteiger partial charge on any atom is -0.383 e. The molecule has 158 valence electrons. The molecule has 0 aliphatic carbocycles. The zero-order chi connectivity index (χ0) is 21.7. The molecule has 1 heterocycles. The number of anilines is 1. The minimum absolute atomic E-state index is 0.0569. The lowest BCUT2D eigenvalue weighted by Crippen LogP contribution is -2.44. The van der Waals surface area contributed by atoms with Crippen molar-refractivity contribution in [2.24, 2.45) is 0 Å². The van der Waals surface area contributed by atoms with Gasteiger partial charge in [-0.1, -0.05) is 29.3 Å². The molecule has 2 aromatic carbocycles. The van der Waals surface area contributed by atoms with Crippen molar-refractivity contribution in [1.82, 2.24) is 9.80 Å². The van der Waals surface area contributed by atoms with Gasteiger partial charge in [-0.05, 0) is 42.5 Å². The number of halogens is 2. The number of benzene rings is 2. The monoisotopic (exact) mass is 449 g/mol. The molecule has 3 amide bonds. The van der Waals surface area contributed by atoms with E-state index in [1.807, 2.05) is 0 Å². The Labute approximate surface area is 184 Å². The van der Waals surface area contributed by atoms with Crippen LogP contribution in [0.4, 0.5) is 5.69 Å². The maximum atomic E-state index is 12.9. The molecule has 1 saturated heterocycles. The standard InChI is InChI=1S/C21H21Cl2N3O4/c1-30-10-9-24(21(29)15-5-7-16(22)8-6-15)12-19(27)25-13-20(28)26(14-25)18-4-2-3-17(23)11-18/h2-8,11H,9-10,12-14H2,1H3. The van der Waals surface area contributed by atoms with E-state index in [4.69, 9.17) is 27.9 Å². The van der Waals surface area contributed by atoms with Crippen molar-refractivity contribution in [3.63, 3.8) is 0 Å². The van der Waals surface area contributed by atoms with Crippen LogP contribution in [-0.2, 0) is 14.3 Å². The summed E-state index contributed by atoms with van der Waals surface area (Å²) < 4.78 is 5.07. The summed E-state index contributed by atoms with van der Waals surface area (Å²) in [6.07, 6.45) is 0. The largest absolute Gasteiger partial charge is 0.383 e. The quantitative estimate of drug-likeness (QED) is 0.651. The second kappa shape index (κ2) is 9.93. The smallest absolute Gasteiger partial charge is 0.254 e. The molecule has 0 saturated carbocycles. The van der Waals surface area contributed by atoms with Gasteiger partial charge in [0, 0.05) is 35.0 Å². The van der Waals surface area contributed by atoms with E-state index in [1.54, 1.807) is 48.5 Å². The number of nitrogens with zero attached hydrogens (tertiary/aromatic N) is 3. The molecule has 30 heavy (non-hydrogen) atoms. The summed E-state index contributed by atoms with van der Waals surface area (Å²) >= 11 is 11.9. The Kier molecular flexibility index (Phi) is 7.31. The van der Waals surface area contributed by atoms with Gasteiger partial charge in [0.25, 0.3) is 5.91 Å². The van der Waals surface area contributed by atoms with Crippen LogP contribution in [0.3, 0.4) is 0 Å². The van der Waals surface area contributed by atoms with Crippen LogP contribution in [-0.4, -0.2) is 67.5 Å². The van der Waals surface area contributed by atoms with Crippen LogP contribution in [0, 0.1) is 0 Å². The van der Waals surface area contributed by atoms with E-state index in [9.17, 15) is 14.4 Å². The maximum absolute atomic E-state index is 12.9. The number of rotatable bonds is 7. The fraction of sp³-hybridized carbons (Fsp3) is 0.286. The summed E-state index contributed by atoms with van der Waals surface area (Å²) in [4.78, 5) is 42.5. The van der Waals surface area contributed by atoms with Crippen molar-refractivity contribution >= 4 is 46.6 Å². The summed E-state index contributed by atoms with van der Waals surface area (Å²) in [6.45, 7) is 0.398. The lowest BCUT2D eigenvalue weighted by atomic mass is 10.2. The molecule has 2 aromatic rings. The van der Waals surface area contributed by atoms with Gasteiger partial charge in [0.15, 0.2) is 0 Å². The van der Waals surface area contributed by atoms with Crippen molar-refractivity contribution < 1.29 is 19.1 Å². The molecule has 3 rings (SSSR count). The number of methoxy groups -OCH3 is 1. The lowest BCUT2D eigenvalue weighted by molar-refractivity contribution is -0.132. The second-order valence-electron chi connectivity index (χ2n) is 6.76. The molecule has 0 radical (unpaired) electrons. The summed E-state index contributed by atoms with van der Waals surface area (Å²) in [5, 5.41) is 1.02. The molecule has 0 aromatic heterocycles. The molecule has 0 bridgehead atoms. The second-order valence-corrected chi connectivity index (χ2v) is 7.63. The molecule has 0 N–H and O–H groups in total. The molecule has 1 aliphatic heterocycles. The first-order valence-electron chi connectivity index (χ1n) is 9.26. The molecule has 7 nitrogen and oxygen atoms in total. The number of hydrogen-bond acceptors (Lipinski definition) is 4. The van der Waals surface area contributed by atoms with Crippen LogP contribution in [0.25, 0.3) is 0 Å². The van der Waals surface area contributed by atoms with Gasteiger partial charge in [-0.3, -0.25) is 19.3 Å². The fourth-order valence-electron chi connectivity index (χ4n) is 3.08. The van der Waals surface area contributed by atoms with Crippen LogP contribution >= 0.6 is 23.2 Å². The van der Waals surface area contributed by atoms with Gasteiger partial charge in [0.05, 0.1) is 6.61 Å². The normalized spacial score (nSPS) is 13.6.